The molecular formula is C14H17BrN4O2. The number of aromatic nitrogens is 2. The number of H-pyrrole nitrogens is 2. The van der Waals surface area contributed by atoms with E-state index < -0.39 is 5.41 Å². The Balaban J connectivity index is 1.88. The number of hydrogen-bond acceptors (Lipinski definition) is 3. The van der Waals surface area contributed by atoms with Gasteiger partial charge < -0.3 is 20.6 Å². The van der Waals surface area contributed by atoms with Crippen LogP contribution in [-0.2, 0) is 4.79 Å². The highest BCUT2D eigenvalue weighted by molar-refractivity contribution is 9.10. The van der Waals surface area contributed by atoms with Gasteiger partial charge in [0.05, 0.1) is 22.1 Å². The molecule has 1 atom stereocenters. The number of anilines is 1. The van der Waals surface area contributed by atoms with Crippen LogP contribution in [0.15, 0.2) is 21.4 Å². The van der Waals surface area contributed by atoms with Crippen molar-refractivity contribution in [1.29, 1.82) is 0 Å². The third-order valence-electron chi connectivity index (χ3n) is 4.00. The van der Waals surface area contributed by atoms with Gasteiger partial charge in [-0.25, -0.2) is 4.79 Å². The number of piperidine rings is 1. The highest BCUT2D eigenvalue weighted by Crippen LogP contribution is 2.31. The minimum atomic E-state index is -0.405. The summed E-state index contributed by atoms with van der Waals surface area (Å²) in [6.07, 6.45) is 1.86. The molecule has 0 spiro atoms. The van der Waals surface area contributed by atoms with Gasteiger partial charge in [0.25, 0.3) is 0 Å². The summed E-state index contributed by atoms with van der Waals surface area (Å²) in [7, 11) is 0. The van der Waals surface area contributed by atoms with E-state index in [1.807, 2.05) is 6.92 Å². The molecule has 2 aromatic rings. The number of benzene rings is 1. The molecule has 0 radical (unpaired) electrons. The predicted octanol–water partition coefficient (Wildman–Crippen LogP) is 1.95. The number of imidazole rings is 1. The molecule has 1 aromatic heterocycles. The number of hydrogen-bond donors (Lipinski definition) is 4. The van der Waals surface area contributed by atoms with Crippen LogP contribution in [0, 0.1) is 5.41 Å². The Kier molecular flexibility index (Phi) is 3.62. The molecule has 1 saturated heterocycles. The number of fused-ring (bicyclic) bond motifs is 1. The predicted molar refractivity (Wildman–Crippen MR) is 85.5 cm³/mol. The van der Waals surface area contributed by atoms with Crippen LogP contribution >= 0.6 is 15.9 Å². The van der Waals surface area contributed by atoms with Gasteiger partial charge in [-0.05, 0) is 54.4 Å². The van der Waals surface area contributed by atoms with Crippen LogP contribution in [0.2, 0.25) is 0 Å². The summed E-state index contributed by atoms with van der Waals surface area (Å²) in [5.74, 6) is -0.00682. The average Bonchev–Trinajstić information content (AvgIpc) is 2.79. The number of nitrogens with one attached hydrogen (secondary N) is 4. The fourth-order valence-corrected chi connectivity index (χ4v) is 3.12. The second kappa shape index (κ2) is 5.31. The van der Waals surface area contributed by atoms with Gasteiger partial charge in [-0.3, -0.25) is 4.79 Å². The van der Waals surface area contributed by atoms with Crippen molar-refractivity contribution in [2.45, 2.75) is 19.8 Å². The lowest BCUT2D eigenvalue weighted by atomic mass is 9.82. The zero-order valence-corrected chi connectivity index (χ0v) is 13.3. The first-order valence-corrected chi connectivity index (χ1v) is 7.71. The summed E-state index contributed by atoms with van der Waals surface area (Å²) >= 11 is 3.43. The van der Waals surface area contributed by atoms with E-state index >= 15 is 0 Å². The monoisotopic (exact) mass is 352 g/mol. The van der Waals surface area contributed by atoms with Gasteiger partial charge in [0, 0.05) is 11.0 Å². The molecule has 0 aliphatic carbocycles. The molecule has 1 aromatic carbocycles. The average molecular weight is 353 g/mol. The maximum atomic E-state index is 12.5. The molecule has 0 bridgehead atoms. The van der Waals surface area contributed by atoms with Gasteiger partial charge in [-0.15, -0.1) is 0 Å². The number of carbonyl (C=O) groups excluding carboxylic acids is 1. The molecule has 1 aliphatic rings. The number of aromatic amines is 2. The number of amides is 1. The van der Waals surface area contributed by atoms with Gasteiger partial charge >= 0.3 is 5.69 Å². The normalized spacial score (nSPS) is 22.4. The fraction of sp³-hybridized carbons (Fsp3) is 0.429. The number of carbonyl (C=O) groups is 1. The molecule has 1 aliphatic heterocycles. The molecule has 1 fully saturated rings. The van der Waals surface area contributed by atoms with Crippen molar-refractivity contribution < 1.29 is 4.79 Å². The van der Waals surface area contributed by atoms with E-state index in [0.29, 0.717) is 23.3 Å². The molecule has 112 valence electrons. The Hall–Kier alpha value is -1.60. The number of rotatable bonds is 2. The van der Waals surface area contributed by atoms with Crippen molar-refractivity contribution in [2.75, 3.05) is 18.4 Å². The summed E-state index contributed by atoms with van der Waals surface area (Å²) in [4.78, 5) is 29.2. The van der Waals surface area contributed by atoms with E-state index in [1.54, 1.807) is 12.1 Å². The summed E-state index contributed by atoms with van der Waals surface area (Å²) in [5.41, 5.74) is 1.37. The first-order valence-electron chi connectivity index (χ1n) is 6.92. The summed E-state index contributed by atoms with van der Waals surface area (Å²) in [6.45, 7) is 3.61. The van der Waals surface area contributed by atoms with E-state index in [-0.39, 0.29) is 11.6 Å². The Bertz CT molecular complexity index is 743. The van der Waals surface area contributed by atoms with Crippen LogP contribution in [0.4, 0.5) is 5.69 Å². The first kappa shape index (κ1) is 14.3. The SMILES string of the molecule is CC1(C(=O)Nc2cc3[nH]c(=O)[nH]c3cc2Br)CCCNC1. The van der Waals surface area contributed by atoms with Crippen LogP contribution in [0.5, 0.6) is 0 Å². The van der Waals surface area contributed by atoms with Crippen LogP contribution in [0.3, 0.4) is 0 Å². The molecule has 2 heterocycles. The highest BCUT2D eigenvalue weighted by atomic mass is 79.9. The van der Waals surface area contributed by atoms with Gasteiger partial charge in [0.1, 0.15) is 0 Å². The molecule has 4 N–H and O–H groups in total. The van der Waals surface area contributed by atoms with E-state index in [4.69, 9.17) is 0 Å². The van der Waals surface area contributed by atoms with E-state index in [9.17, 15) is 9.59 Å². The van der Waals surface area contributed by atoms with Gasteiger partial charge in [0.2, 0.25) is 5.91 Å². The van der Waals surface area contributed by atoms with Crippen molar-refractivity contribution in [1.82, 2.24) is 15.3 Å². The van der Waals surface area contributed by atoms with E-state index in [0.717, 1.165) is 23.9 Å². The molecule has 1 unspecified atom stereocenters. The lowest BCUT2D eigenvalue weighted by Gasteiger charge is -2.32. The Morgan fingerprint density at radius 2 is 2.05 bits per heavy atom. The van der Waals surface area contributed by atoms with Gasteiger partial charge in [0.15, 0.2) is 0 Å². The lowest BCUT2D eigenvalue weighted by Crippen LogP contribution is -2.46. The molecule has 6 nitrogen and oxygen atoms in total. The van der Waals surface area contributed by atoms with Crippen molar-refractivity contribution in [2.24, 2.45) is 5.41 Å². The minimum Gasteiger partial charge on any atom is -0.324 e. The Labute approximate surface area is 129 Å². The van der Waals surface area contributed by atoms with Crippen LogP contribution < -0.4 is 16.3 Å². The molecule has 0 saturated carbocycles. The number of halogens is 1. The quantitative estimate of drug-likeness (QED) is 0.665. The molecule has 21 heavy (non-hydrogen) atoms. The molecular weight excluding hydrogens is 336 g/mol. The van der Waals surface area contributed by atoms with Crippen LogP contribution in [0.1, 0.15) is 19.8 Å². The third-order valence-corrected chi connectivity index (χ3v) is 4.65. The maximum absolute atomic E-state index is 12.5. The van der Waals surface area contributed by atoms with Crippen molar-refractivity contribution in [3.05, 3.63) is 27.1 Å². The Morgan fingerprint density at radius 1 is 1.33 bits per heavy atom. The smallest absolute Gasteiger partial charge is 0.323 e. The Morgan fingerprint density at radius 3 is 2.71 bits per heavy atom. The first-order chi connectivity index (χ1) is 9.98. The fourth-order valence-electron chi connectivity index (χ4n) is 2.67. The topological polar surface area (TPSA) is 89.8 Å². The highest BCUT2D eigenvalue weighted by Gasteiger charge is 2.34. The van der Waals surface area contributed by atoms with Crippen LogP contribution in [-0.4, -0.2) is 29.0 Å². The maximum Gasteiger partial charge on any atom is 0.323 e. The summed E-state index contributed by atoms with van der Waals surface area (Å²) in [6, 6.07) is 3.54. The van der Waals surface area contributed by atoms with Crippen molar-refractivity contribution in [3.8, 4) is 0 Å². The van der Waals surface area contributed by atoms with Crippen molar-refractivity contribution in [3.63, 3.8) is 0 Å². The largest absolute Gasteiger partial charge is 0.324 e. The zero-order chi connectivity index (χ0) is 15.0. The summed E-state index contributed by atoms with van der Waals surface area (Å²) in [5, 5.41) is 6.22. The van der Waals surface area contributed by atoms with Gasteiger partial charge in [-0.1, -0.05) is 0 Å². The lowest BCUT2D eigenvalue weighted by molar-refractivity contribution is -0.125. The zero-order valence-electron chi connectivity index (χ0n) is 11.7. The molecule has 7 heteroatoms. The van der Waals surface area contributed by atoms with E-state index in [1.165, 1.54) is 0 Å². The second-order valence-electron chi connectivity index (χ2n) is 5.75. The summed E-state index contributed by atoms with van der Waals surface area (Å²) < 4.78 is 0.742. The third kappa shape index (κ3) is 2.75. The second-order valence-corrected chi connectivity index (χ2v) is 6.61. The standard InChI is InChI=1S/C14H17BrN4O2/c1-14(3-2-4-16-7-14)12(20)17-9-6-11-10(5-8(9)15)18-13(21)19-11/h5-6,16H,2-4,7H2,1H3,(H,17,20)(H2,18,19,21). The van der Waals surface area contributed by atoms with Crippen molar-refractivity contribution >= 4 is 38.6 Å². The molecule has 1 amide bonds. The molecule has 3 rings (SSSR count). The van der Waals surface area contributed by atoms with Crippen LogP contribution in [0.25, 0.3) is 11.0 Å². The minimum absolute atomic E-state index is 0.00682. The van der Waals surface area contributed by atoms with E-state index in [2.05, 4.69) is 36.5 Å². The van der Waals surface area contributed by atoms with Gasteiger partial charge in [-0.2, -0.15) is 0 Å².